The second-order valence-electron chi connectivity index (χ2n) is 6.66. The van der Waals surface area contributed by atoms with E-state index in [9.17, 15) is 4.79 Å². The van der Waals surface area contributed by atoms with Gasteiger partial charge in [0, 0.05) is 61.1 Å². The minimum Gasteiger partial charge on any atom is -0.340 e. The highest BCUT2D eigenvalue weighted by atomic mass is 32.1. The Bertz CT molecular complexity index is 873. The van der Waals surface area contributed by atoms with Gasteiger partial charge in [0.25, 0.3) is 0 Å². The number of rotatable bonds is 5. The van der Waals surface area contributed by atoms with Crippen LogP contribution in [0.3, 0.4) is 0 Å². The Balaban J connectivity index is 1.28. The van der Waals surface area contributed by atoms with Crippen LogP contribution in [0.25, 0.3) is 10.4 Å². The van der Waals surface area contributed by atoms with E-state index in [2.05, 4.69) is 51.3 Å². The van der Waals surface area contributed by atoms with Crippen LogP contribution in [0.2, 0.25) is 0 Å². The Morgan fingerprint density at radius 3 is 2.56 bits per heavy atom. The molecular weight excluding hydrogens is 356 g/mol. The molecule has 0 aliphatic carbocycles. The third-order valence-corrected chi connectivity index (χ3v) is 5.89. The normalized spacial score (nSPS) is 15.0. The molecule has 27 heavy (non-hydrogen) atoms. The Morgan fingerprint density at radius 1 is 1.00 bits per heavy atom. The third kappa shape index (κ3) is 4.59. The fourth-order valence-corrected chi connectivity index (χ4v) is 4.34. The fraction of sp³-hybridized carbons (Fsp3) is 0.286. The van der Waals surface area contributed by atoms with Gasteiger partial charge in [0.05, 0.1) is 12.1 Å². The number of hydrogen-bond donors (Lipinski definition) is 0. The molecule has 0 bridgehead atoms. The highest BCUT2D eigenvalue weighted by Gasteiger charge is 2.22. The van der Waals surface area contributed by atoms with Crippen LogP contribution in [-0.2, 0) is 17.8 Å². The van der Waals surface area contributed by atoms with Crippen LogP contribution in [0.15, 0.2) is 61.1 Å². The lowest BCUT2D eigenvalue weighted by atomic mass is 10.2. The molecule has 6 heteroatoms. The molecule has 0 saturated carbocycles. The number of amides is 1. The van der Waals surface area contributed by atoms with Gasteiger partial charge >= 0.3 is 0 Å². The fourth-order valence-electron chi connectivity index (χ4n) is 3.28. The summed E-state index contributed by atoms with van der Waals surface area (Å²) in [7, 11) is 0. The Kier molecular flexibility index (Phi) is 5.55. The summed E-state index contributed by atoms with van der Waals surface area (Å²) >= 11 is 1.85. The van der Waals surface area contributed by atoms with E-state index in [4.69, 9.17) is 0 Å². The minimum atomic E-state index is 0.137. The molecule has 1 aliphatic rings. The van der Waals surface area contributed by atoms with Crippen molar-refractivity contribution in [1.29, 1.82) is 0 Å². The number of nitrogens with zero attached hydrogens (tertiary/aromatic N) is 4. The first-order chi connectivity index (χ1) is 13.3. The lowest BCUT2D eigenvalue weighted by molar-refractivity contribution is -0.132. The zero-order chi connectivity index (χ0) is 18.5. The van der Waals surface area contributed by atoms with Crippen molar-refractivity contribution in [2.75, 3.05) is 26.2 Å². The van der Waals surface area contributed by atoms with Crippen molar-refractivity contribution in [1.82, 2.24) is 19.8 Å². The van der Waals surface area contributed by atoms with Gasteiger partial charge < -0.3 is 4.90 Å². The Hall–Kier alpha value is -2.57. The quantitative estimate of drug-likeness (QED) is 0.685. The van der Waals surface area contributed by atoms with Crippen molar-refractivity contribution in [3.8, 4) is 10.4 Å². The van der Waals surface area contributed by atoms with Gasteiger partial charge in [-0.25, -0.2) is 0 Å². The van der Waals surface area contributed by atoms with E-state index in [0.717, 1.165) is 38.4 Å². The van der Waals surface area contributed by atoms with E-state index < -0.39 is 0 Å². The summed E-state index contributed by atoms with van der Waals surface area (Å²) < 4.78 is 0. The van der Waals surface area contributed by atoms with E-state index in [0.29, 0.717) is 6.42 Å². The van der Waals surface area contributed by atoms with Crippen LogP contribution in [0.4, 0.5) is 0 Å². The molecule has 1 fully saturated rings. The van der Waals surface area contributed by atoms with Crippen LogP contribution >= 0.6 is 11.3 Å². The zero-order valence-electron chi connectivity index (χ0n) is 15.1. The summed E-state index contributed by atoms with van der Waals surface area (Å²) in [6, 6.07) is 14.9. The summed E-state index contributed by atoms with van der Waals surface area (Å²) in [5.74, 6) is 0.137. The topological polar surface area (TPSA) is 49.3 Å². The molecular formula is C21H22N4OS. The first-order valence-electron chi connectivity index (χ1n) is 9.17. The monoisotopic (exact) mass is 378 g/mol. The summed E-state index contributed by atoms with van der Waals surface area (Å²) in [4.78, 5) is 27.7. The Morgan fingerprint density at radius 2 is 1.81 bits per heavy atom. The lowest BCUT2D eigenvalue weighted by Gasteiger charge is -2.34. The maximum absolute atomic E-state index is 12.4. The van der Waals surface area contributed by atoms with Crippen LogP contribution in [-0.4, -0.2) is 51.9 Å². The van der Waals surface area contributed by atoms with Crippen molar-refractivity contribution in [3.05, 3.63) is 71.6 Å². The van der Waals surface area contributed by atoms with Gasteiger partial charge in [-0.3, -0.25) is 19.7 Å². The molecule has 0 N–H and O–H groups in total. The number of thiophene rings is 1. The van der Waals surface area contributed by atoms with E-state index in [1.165, 1.54) is 15.3 Å². The highest BCUT2D eigenvalue weighted by Crippen LogP contribution is 2.28. The largest absolute Gasteiger partial charge is 0.340 e. The van der Waals surface area contributed by atoms with E-state index in [1.54, 1.807) is 18.6 Å². The van der Waals surface area contributed by atoms with Crippen molar-refractivity contribution in [3.63, 3.8) is 0 Å². The number of hydrogen-bond acceptors (Lipinski definition) is 5. The number of carbonyl (C=O) groups is 1. The van der Waals surface area contributed by atoms with Crippen LogP contribution in [0.1, 0.15) is 10.6 Å². The predicted molar refractivity (Wildman–Crippen MR) is 107 cm³/mol. The van der Waals surface area contributed by atoms with E-state index in [-0.39, 0.29) is 5.91 Å². The number of aromatic nitrogens is 2. The summed E-state index contributed by atoms with van der Waals surface area (Å²) in [5, 5.41) is 0. The average Bonchev–Trinajstić information content (AvgIpc) is 3.18. The molecule has 1 aliphatic heterocycles. The van der Waals surface area contributed by atoms with Gasteiger partial charge in [-0.1, -0.05) is 30.3 Å². The highest BCUT2D eigenvalue weighted by molar-refractivity contribution is 7.15. The maximum atomic E-state index is 12.4. The number of carbonyl (C=O) groups excluding carboxylic acids is 1. The van der Waals surface area contributed by atoms with Gasteiger partial charge in [0.2, 0.25) is 5.91 Å². The lowest BCUT2D eigenvalue weighted by Crippen LogP contribution is -2.48. The summed E-state index contributed by atoms with van der Waals surface area (Å²) in [6.07, 6.45) is 5.25. The first-order valence-corrected chi connectivity index (χ1v) is 9.99. The van der Waals surface area contributed by atoms with Gasteiger partial charge in [-0.2, -0.15) is 0 Å². The van der Waals surface area contributed by atoms with Crippen molar-refractivity contribution in [2.24, 2.45) is 0 Å². The molecule has 3 aromatic rings. The smallest absolute Gasteiger partial charge is 0.228 e. The first kappa shape index (κ1) is 17.8. The molecule has 0 unspecified atom stereocenters. The van der Waals surface area contributed by atoms with Crippen molar-refractivity contribution < 1.29 is 4.79 Å². The van der Waals surface area contributed by atoms with Crippen LogP contribution in [0.5, 0.6) is 0 Å². The molecule has 5 nitrogen and oxygen atoms in total. The van der Waals surface area contributed by atoms with Gasteiger partial charge in [-0.05, 0) is 17.7 Å². The number of piperazine rings is 1. The van der Waals surface area contributed by atoms with Gasteiger partial charge in [0.15, 0.2) is 0 Å². The molecule has 1 amide bonds. The Labute approximate surface area is 163 Å². The number of benzene rings is 1. The molecule has 4 rings (SSSR count). The standard InChI is InChI=1S/C21H22N4OS/c26-21(14-18-15-22-8-9-23-18)25-12-10-24(11-13-25)16-19-6-7-20(27-19)17-4-2-1-3-5-17/h1-9,15H,10-14,16H2. The average molecular weight is 379 g/mol. The predicted octanol–water partition coefficient (Wildman–Crippen LogP) is 3.09. The summed E-state index contributed by atoms with van der Waals surface area (Å²) in [5.41, 5.74) is 2.00. The maximum Gasteiger partial charge on any atom is 0.228 e. The SMILES string of the molecule is O=C(Cc1cnccn1)N1CCN(Cc2ccc(-c3ccccc3)s2)CC1. The molecule has 3 heterocycles. The molecule has 2 aromatic heterocycles. The van der Waals surface area contributed by atoms with E-state index >= 15 is 0 Å². The van der Waals surface area contributed by atoms with Gasteiger partial charge in [-0.15, -0.1) is 11.3 Å². The molecule has 0 spiro atoms. The molecule has 1 saturated heterocycles. The van der Waals surface area contributed by atoms with E-state index in [1.807, 2.05) is 22.3 Å². The van der Waals surface area contributed by atoms with Crippen LogP contribution in [0, 0.1) is 0 Å². The molecule has 138 valence electrons. The molecule has 0 atom stereocenters. The third-order valence-electron chi connectivity index (χ3n) is 4.77. The van der Waals surface area contributed by atoms with Gasteiger partial charge in [0.1, 0.15) is 0 Å². The van der Waals surface area contributed by atoms with Crippen LogP contribution < -0.4 is 0 Å². The summed E-state index contributed by atoms with van der Waals surface area (Å²) in [6.45, 7) is 4.31. The second-order valence-corrected chi connectivity index (χ2v) is 7.83. The minimum absolute atomic E-state index is 0.137. The zero-order valence-corrected chi connectivity index (χ0v) is 15.9. The molecule has 1 aromatic carbocycles. The molecule has 0 radical (unpaired) electrons. The van der Waals surface area contributed by atoms with Crippen molar-refractivity contribution >= 4 is 17.2 Å². The second kappa shape index (κ2) is 8.41. The van der Waals surface area contributed by atoms with Crippen molar-refractivity contribution in [2.45, 2.75) is 13.0 Å².